The molecule has 18 heavy (non-hydrogen) atoms. The molecule has 0 aliphatic heterocycles. The standard InChI is InChI=1S/C14H17Br2NO/c1-9(2)14(5-6-14)8-17-13(18)11-4-3-10(15)7-12(11)16/h3-4,7,9H,5-6,8H2,1-2H3,(H,17,18). The highest BCUT2D eigenvalue weighted by atomic mass is 79.9. The first-order valence-corrected chi connectivity index (χ1v) is 7.76. The fraction of sp³-hybridized carbons (Fsp3) is 0.500. The molecule has 1 aliphatic rings. The highest BCUT2D eigenvalue weighted by Gasteiger charge is 2.45. The largest absolute Gasteiger partial charge is 0.351 e. The van der Waals surface area contributed by atoms with E-state index in [1.54, 1.807) is 0 Å². The maximum Gasteiger partial charge on any atom is 0.252 e. The molecule has 98 valence electrons. The molecule has 0 spiro atoms. The zero-order chi connectivity index (χ0) is 13.3. The minimum Gasteiger partial charge on any atom is -0.351 e. The van der Waals surface area contributed by atoms with Crippen molar-refractivity contribution in [3.8, 4) is 0 Å². The van der Waals surface area contributed by atoms with Crippen molar-refractivity contribution >= 4 is 37.8 Å². The predicted molar refractivity (Wildman–Crippen MR) is 80.7 cm³/mol. The Balaban J connectivity index is 2.00. The second-order valence-corrected chi connectivity index (χ2v) is 7.09. The van der Waals surface area contributed by atoms with Gasteiger partial charge in [0.15, 0.2) is 0 Å². The van der Waals surface area contributed by atoms with Gasteiger partial charge in [-0.3, -0.25) is 4.79 Å². The molecule has 4 heteroatoms. The molecule has 1 fully saturated rings. The number of benzene rings is 1. The summed E-state index contributed by atoms with van der Waals surface area (Å²) in [4.78, 5) is 12.1. The van der Waals surface area contributed by atoms with E-state index in [0.717, 1.165) is 15.5 Å². The number of amides is 1. The number of hydrogen-bond donors (Lipinski definition) is 1. The van der Waals surface area contributed by atoms with Crippen LogP contribution in [0.2, 0.25) is 0 Å². The summed E-state index contributed by atoms with van der Waals surface area (Å²) in [5.41, 5.74) is 1.04. The van der Waals surface area contributed by atoms with Gasteiger partial charge in [-0.15, -0.1) is 0 Å². The van der Waals surface area contributed by atoms with Crippen LogP contribution in [0.3, 0.4) is 0 Å². The molecular weight excluding hydrogens is 358 g/mol. The van der Waals surface area contributed by atoms with Gasteiger partial charge in [-0.1, -0.05) is 29.8 Å². The Hall–Kier alpha value is -0.350. The van der Waals surface area contributed by atoms with E-state index in [1.165, 1.54) is 12.8 Å². The summed E-state index contributed by atoms with van der Waals surface area (Å²) in [5.74, 6) is 0.632. The van der Waals surface area contributed by atoms with E-state index in [4.69, 9.17) is 0 Å². The van der Waals surface area contributed by atoms with Crippen LogP contribution in [0.25, 0.3) is 0 Å². The van der Waals surface area contributed by atoms with E-state index in [0.29, 0.717) is 16.9 Å². The van der Waals surface area contributed by atoms with E-state index in [9.17, 15) is 4.79 Å². The predicted octanol–water partition coefficient (Wildman–Crippen LogP) is 4.38. The van der Waals surface area contributed by atoms with Gasteiger partial charge in [0.1, 0.15) is 0 Å². The first-order chi connectivity index (χ1) is 8.44. The van der Waals surface area contributed by atoms with E-state index < -0.39 is 0 Å². The molecule has 0 atom stereocenters. The van der Waals surface area contributed by atoms with Gasteiger partial charge in [0.05, 0.1) is 5.56 Å². The molecule has 0 unspecified atom stereocenters. The number of carbonyl (C=O) groups is 1. The Morgan fingerprint density at radius 2 is 2.06 bits per heavy atom. The van der Waals surface area contributed by atoms with E-state index >= 15 is 0 Å². The third-order valence-corrected chi connectivity index (χ3v) is 5.04. The Kier molecular flexibility index (Phi) is 4.17. The number of rotatable bonds is 4. The molecule has 2 nitrogen and oxygen atoms in total. The molecule has 1 N–H and O–H groups in total. The van der Waals surface area contributed by atoms with E-state index in [-0.39, 0.29) is 5.91 Å². The maximum absolute atomic E-state index is 12.1. The second kappa shape index (κ2) is 5.33. The van der Waals surface area contributed by atoms with Crippen LogP contribution in [0.15, 0.2) is 27.1 Å². The number of carbonyl (C=O) groups excluding carboxylic acids is 1. The van der Waals surface area contributed by atoms with Crippen LogP contribution < -0.4 is 5.32 Å². The van der Waals surface area contributed by atoms with Crippen LogP contribution >= 0.6 is 31.9 Å². The normalized spacial score (nSPS) is 16.7. The second-order valence-electron chi connectivity index (χ2n) is 5.32. The average Bonchev–Trinajstić information content (AvgIpc) is 3.07. The summed E-state index contributed by atoms with van der Waals surface area (Å²) < 4.78 is 1.79. The first-order valence-electron chi connectivity index (χ1n) is 6.18. The van der Waals surface area contributed by atoms with E-state index in [2.05, 4.69) is 51.0 Å². The SMILES string of the molecule is CC(C)C1(CNC(=O)c2ccc(Br)cc2Br)CC1. The van der Waals surface area contributed by atoms with Crippen molar-refractivity contribution in [2.45, 2.75) is 26.7 Å². The molecule has 1 saturated carbocycles. The van der Waals surface area contributed by atoms with Crippen molar-refractivity contribution in [2.75, 3.05) is 6.54 Å². The van der Waals surface area contributed by atoms with Gasteiger partial charge in [0.25, 0.3) is 5.91 Å². The minimum atomic E-state index is 0.00120. The number of halogens is 2. The van der Waals surface area contributed by atoms with Crippen LogP contribution in [-0.4, -0.2) is 12.5 Å². The molecule has 0 radical (unpaired) electrons. The third kappa shape index (κ3) is 2.97. The van der Waals surface area contributed by atoms with Crippen molar-refractivity contribution in [2.24, 2.45) is 11.3 Å². The van der Waals surface area contributed by atoms with Crippen molar-refractivity contribution < 1.29 is 4.79 Å². The fourth-order valence-electron chi connectivity index (χ4n) is 2.14. The summed E-state index contributed by atoms with van der Waals surface area (Å²) in [5, 5.41) is 3.06. The third-order valence-electron chi connectivity index (χ3n) is 3.89. The molecule has 1 aliphatic carbocycles. The Morgan fingerprint density at radius 3 is 2.56 bits per heavy atom. The van der Waals surface area contributed by atoms with Crippen molar-refractivity contribution in [1.29, 1.82) is 0 Å². The van der Waals surface area contributed by atoms with Gasteiger partial charge in [0.2, 0.25) is 0 Å². The molecule has 2 rings (SSSR count). The summed E-state index contributed by atoms with van der Waals surface area (Å²) in [6.07, 6.45) is 2.46. The Morgan fingerprint density at radius 1 is 1.39 bits per heavy atom. The van der Waals surface area contributed by atoms with Crippen LogP contribution in [-0.2, 0) is 0 Å². The Labute approximate surface area is 125 Å². The lowest BCUT2D eigenvalue weighted by molar-refractivity contribution is 0.0939. The highest BCUT2D eigenvalue weighted by Crippen LogP contribution is 2.51. The number of hydrogen-bond acceptors (Lipinski definition) is 1. The monoisotopic (exact) mass is 373 g/mol. The van der Waals surface area contributed by atoms with Gasteiger partial charge in [0, 0.05) is 15.5 Å². The molecule has 0 bridgehead atoms. The maximum atomic E-state index is 12.1. The molecule has 1 aromatic carbocycles. The topological polar surface area (TPSA) is 29.1 Å². The van der Waals surface area contributed by atoms with E-state index in [1.807, 2.05) is 18.2 Å². The summed E-state index contributed by atoms with van der Waals surface area (Å²) in [6.45, 7) is 5.25. The molecule has 0 saturated heterocycles. The van der Waals surface area contributed by atoms with Gasteiger partial charge in [-0.25, -0.2) is 0 Å². The zero-order valence-electron chi connectivity index (χ0n) is 10.6. The summed E-state index contributed by atoms with van der Waals surface area (Å²) in [6, 6.07) is 5.61. The Bertz CT molecular complexity index is 467. The fourth-order valence-corrected chi connectivity index (χ4v) is 3.37. The smallest absolute Gasteiger partial charge is 0.252 e. The van der Waals surface area contributed by atoms with Crippen molar-refractivity contribution in [3.63, 3.8) is 0 Å². The lowest BCUT2D eigenvalue weighted by Crippen LogP contribution is -2.32. The van der Waals surface area contributed by atoms with Crippen molar-refractivity contribution in [1.82, 2.24) is 5.32 Å². The quantitative estimate of drug-likeness (QED) is 0.832. The number of nitrogens with one attached hydrogen (secondary N) is 1. The molecule has 0 heterocycles. The molecular formula is C14H17Br2NO. The zero-order valence-corrected chi connectivity index (χ0v) is 13.8. The van der Waals surface area contributed by atoms with Gasteiger partial charge < -0.3 is 5.32 Å². The van der Waals surface area contributed by atoms with Gasteiger partial charge >= 0.3 is 0 Å². The molecule has 1 amide bonds. The van der Waals surface area contributed by atoms with Crippen LogP contribution in [0.5, 0.6) is 0 Å². The first kappa shape index (κ1) is 14.1. The minimum absolute atomic E-state index is 0.00120. The van der Waals surface area contributed by atoms with Gasteiger partial charge in [-0.2, -0.15) is 0 Å². The van der Waals surface area contributed by atoms with Gasteiger partial charge in [-0.05, 0) is 58.3 Å². The van der Waals surface area contributed by atoms with Crippen LogP contribution in [0.1, 0.15) is 37.0 Å². The van der Waals surface area contributed by atoms with Crippen molar-refractivity contribution in [3.05, 3.63) is 32.7 Å². The summed E-state index contributed by atoms with van der Waals surface area (Å²) >= 11 is 6.81. The van der Waals surface area contributed by atoms with Crippen LogP contribution in [0, 0.1) is 11.3 Å². The highest BCUT2D eigenvalue weighted by molar-refractivity contribution is 9.11. The lowest BCUT2D eigenvalue weighted by atomic mass is 9.92. The molecule has 0 aromatic heterocycles. The average molecular weight is 375 g/mol. The lowest BCUT2D eigenvalue weighted by Gasteiger charge is -2.20. The summed E-state index contributed by atoms with van der Waals surface area (Å²) in [7, 11) is 0. The molecule has 1 aromatic rings. The van der Waals surface area contributed by atoms with Crippen LogP contribution in [0.4, 0.5) is 0 Å².